The SMILES string of the molecule is CN1C=CN=CC(NC(=O)c2cc(NC(=O)c3ccccc3Cl)[nH]n2)C1=O. The molecule has 1 aromatic heterocycles. The third-order valence-electron chi connectivity index (χ3n) is 3.69. The fraction of sp³-hybridized carbons (Fsp3) is 0.118. The molecule has 0 spiro atoms. The highest BCUT2D eigenvalue weighted by molar-refractivity contribution is 6.34. The number of nitrogens with one attached hydrogen (secondary N) is 3. The highest BCUT2D eigenvalue weighted by atomic mass is 35.5. The van der Waals surface area contributed by atoms with Crippen molar-refractivity contribution in [3.63, 3.8) is 0 Å². The number of aliphatic imine (C=N–C) groups is 1. The molecule has 1 aromatic carbocycles. The van der Waals surface area contributed by atoms with E-state index in [9.17, 15) is 14.4 Å². The lowest BCUT2D eigenvalue weighted by molar-refractivity contribution is -0.127. The van der Waals surface area contributed by atoms with Crippen molar-refractivity contribution < 1.29 is 14.4 Å². The minimum absolute atomic E-state index is 0.00511. The van der Waals surface area contributed by atoms with Gasteiger partial charge < -0.3 is 15.5 Å². The van der Waals surface area contributed by atoms with Crippen molar-refractivity contribution in [2.24, 2.45) is 4.99 Å². The predicted octanol–water partition coefficient (Wildman–Crippen LogP) is 1.43. The molecular formula is C17H15ClN6O3. The third kappa shape index (κ3) is 4.21. The number of hydrogen-bond acceptors (Lipinski definition) is 5. The molecule has 3 amide bonds. The van der Waals surface area contributed by atoms with E-state index < -0.39 is 17.9 Å². The molecule has 0 aliphatic carbocycles. The topological polar surface area (TPSA) is 120 Å². The van der Waals surface area contributed by atoms with Crippen LogP contribution >= 0.6 is 11.6 Å². The number of halogens is 1. The summed E-state index contributed by atoms with van der Waals surface area (Å²) in [5.74, 6) is -1.17. The number of likely N-dealkylation sites (N-methyl/N-ethyl adjacent to an activating group) is 1. The van der Waals surface area contributed by atoms with Gasteiger partial charge in [-0.05, 0) is 12.1 Å². The highest BCUT2D eigenvalue weighted by Gasteiger charge is 2.24. The summed E-state index contributed by atoms with van der Waals surface area (Å²) in [6, 6.07) is 7.00. The molecule has 10 heteroatoms. The average Bonchev–Trinajstić information content (AvgIpc) is 3.06. The summed E-state index contributed by atoms with van der Waals surface area (Å²) in [6.07, 6.45) is 4.26. The van der Waals surface area contributed by atoms with Crippen LogP contribution in [0.4, 0.5) is 5.82 Å². The molecule has 0 bridgehead atoms. The molecule has 0 saturated heterocycles. The second-order valence-corrected chi connectivity index (χ2v) is 6.00. The van der Waals surface area contributed by atoms with Crippen LogP contribution in [0.5, 0.6) is 0 Å². The lowest BCUT2D eigenvalue weighted by Crippen LogP contribution is -2.46. The van der Waals surface area contributed by atoms with Gasteiger partial charge in [-0.25, -0.2) is 0 Å². The quantitative estimate of drug-likeness (QED) is 0.736. The first kappa shape index (κ1) is 18.3. The largest absolute Gasteiger partial charge is 0.334 e. The zero-order valence-corrected chi connectivity index (χ0v) is 14.9. The van der Waals surface area contributed by atoms with E-state index in [1.54, 1.807) is 31.3 Å². The second kappa shape index (κ2) is 7.83. The van der Waals surface area contributed by atoms with E-state index in [4.69, 9.17) is 11.6 Å². The summed E-state index contributed by atoms with van der Waals surface area (Å²) in [5, 5.41) is 11.8. The molecule has 1 unspecified atom stereocenters. The number of carbonyl (C=O) groups is 3. The van der Waals surface area contributed by atoms with E-state index in [1.165, 1.54) is 29.6 Å². The van der Waals surface area contributed by atoms with Gasteiger partial charge in [0.15, 0.2) is 5.69 Å². The van der Waals surface area contributed by atoms with Crippen molar-refractivity contribution >= 4 is 41.4 Å². The summed E-state index contributed by atoms with van der Waals surface area (Å²) >= 11 is 5.98. The Balaban J connectivity index is 1.67. The lowest BCUT2D eigenvalue weighted by atomic mass is 10.2. The molecule has 0 radical (unpaired) electrons. The van der Waals surface area contributed by atoms with E-state index in [-0.39, 0.29) is 23.0 Å². The van der Waals surface area contributed by atoms with Gasteiger partial charge in [-0.15, -0.1) is 0 Å². The summed E-state index contributed by atoms with van der Waals surface area (Å²) in [5.41, 5.74) is 0.293. The van der Waals surface area contributed by atoms with Crippen LogP contribution in [0.15, 0.2) is 47.7 Å². The first-order valence-corrected chi connectivity index (χ1v) is 8.22. The Hall–Kier alpha value is -3.46. The Morgan fingerprint density at radius 1 is 1.26 bits per heavy atom. The number of anilines is 1. The van der Waals surface area contributed by atoms with Gasteiger partial charge in [-0.1, -0.05) is 23.7 Å². The third-order valence-corrected chi connectivity index (χ3v) is 4.02. The van der Waals surface area contributed by atoms with Gasteiger partial charge in [0.25, 0.3) is 17.7 Å². The molecule has 1 aliphatic heterocycles. The molecule has 138 valence electrons. The Labute approximate surface area is 159 Å². The van der Waals surface area contributed by atoms with Crippen LogP contribution in [0.3, 0.4) is 0 Å². The number of carbonyl (C=O) groups excluding carboxylic acids is 3. The molecular weight excluding hydrogens is 372 g/mol. The van der Waals surface area contributed by atoms with Crippen molar-refractivity contribution in [1.29, 1.82) is 0 Å². The fourth-order valence-corrected chi connectivity index (χ4v) is 2.50. The minimum Gasteiger partial charge on any atom is -0.334 e. The standard InChI is InChI=1S/C17H15ClN6O3/c1-24-7-6-19-9-13(17(24)27)20-16(26)12-8-14(23-22-12)21-15(25)10-4-2-3-5-11(10)18/h2-9,13H,1H3,(H,20,26)(H2,21,22,23,25). The number of nitrogens with zero attached hydrogens (tertiary/aromatic N) is 3. The van der Waals surface area contributed by atoms with Crippen LogP contribution in [-0.4, -0.2) is 52.1 Å². The van der Waals surface area contributed by atoms with Crippen LogP contribution in [0.25, 0.3) is 0 Å². The van der Waals surface area contributed by atoms with E-state index in [0.29, 0.717) is 5.02 Å². The van der Waals surface area contributed by atoms with Crippen LogP contribution < -0.4 is 10.6 Å². The fourth-order valence-electron chi connectivity index (χ4n) is 2.28. The van der Waals surface area contributed by atoms with Gasteiger partial charge in [-0.3, -0.25) is 24.5 Å². The molecule has 2 heterocycles. The molecule has 27 heavy (non-hydrogen) atoms. The number of aromatic nitrogens is 2. The highest BCUT2D eigenvalue weighted by Crippen LogP contribution is 2.16. The van der Waals surface area contributed by atoms with Gasteiger partial charge in [0.1, 0.15) is 11.9 Å². The molecule has 0 fully saturated rings. The molecule has 0 saturated carbocycles. The van der Waals surface area contributed by atoms with Crippen LogP contribution in [-0.2, 0) is 4.79 Å². The second-order valence-electron chi connectivity index (χ2n) is 5.60. The van der Waals surface area contributed by atoms with Gasteiger partial charge in [0.2, 0.25) is 0 Å². The minimum atomic E-state index is -0.921. The van der Waals surface area contributed by atoms with Crippen molar-refractivity contribution in [2.45, 2.75) is 6.04 Å². The molecule has 1 atom stereocenters. The average molecular weight is 387 g/mol. The van der Waals surface area contributed by atoms with Gasteiger partial charge in [0, 0.05) is 31.7 Å². The molecule has 3 N–H and O–H groups in total. The maximum atomic E-state index is 12.3. The van der Waals surface area contributed by atoms with E-state index in [0.717, 1.165) is 0 Å². The maximum absolute atomic E-state index is 12.3. The number of H-pyrrole nitrogens is 1. The predicted molar refractivity (Wildman–Crippen MR) is 99.6 cm³/mol. The number of aromatic amines is 1. The molecule has 3 rings (SSSR count). The Morgan fingerprint density at radius 3 is 2.81 bits per heavy atom. The first-order valence-electron chi connectivity index (χ1n) is 7.84. The summed E-state index contributed by atoms with van der Waals surface area (Å²) < 4.78 is 0. The van der Waals surface area contributed by atoms with E-state index in [2.05, 4.69) is 25.8 Å². The van der Waals surface area contributed by atoms with Crippen molar-refractivity contribution in [1.82, 2.24) is 20.4 Å². The number of rotatable bonds is 4. The van der Waals surface area contributed by atoms with Gasteiger partial charge >= 0.3 is 0 Å². The molecule has 2 aromatic rings. The van der Waals surface area contributed by atoms with Crippen molar-refractivity contribution in [3.8, 4) is 0 Å². The molecule has 1 aliphatic rings. The summed E-state index contributed by atoms with van der Waals surface area (Å²) in [6.45, 7) is 0. The zero-order chi connectivity index (χ0) is 19.4. The molecule has 9 nitrogen and oxygen atoms in total. The number of benzene rings is 1. The lowest BCUT2D eigenvalue weighted by Gasteiger charge is -2.16. The number of hydrogen-bond donors (Lipinski definition) is 3. The van der Waals surface area contributed by atoms with Crippen LogP contribution in [0.2, 0.25) is 5.02 Å². The maximum Gasteiger partial charge on any atom is 0.272 e. The van der Waals surface area contributed by atoms with Crippen molar-refractivity contribution in [3.05, 3.63) is 59.0 Å². The zero-order valence-electron chi connectivity index (χ0n) is 14.1. The van der Waals surface area contributed by atoms with E-state index in [1.807, 2.05) is 0 Å². The Kier molecular flexibility index (Phi) is 5.32. The normalized spacial score (nSPS) is 16.1. The van der Waals surface area contributed by atoms with Crippen LogP contribution in [0.1, 0.15) is 20.8 Å². The monoisotopic (exact) mass is 386 g/mol. The Morgan fingerprint density at radius 2 is 2.04 bits per heavy atom. The van der Waals surface area contributed by atoms with Crippen LogP contribution in [0, 0.1) is 0 Å². The Bertz CT molecular complexity index is 952. The van der Waals surface area contributed by atoms with Gasteiger partial charge in [-0.2, -0.15) is 5.10 Å². The smallest absolute Gasteiger partial charge is 0.272 e. The van der Waals surface area contributed by atoms with Crippen molar-refractivity contribution in [2.75, 3.05) is 12.4 Å². The first-order chi connectivity index (χ1) is 13.0. The van der Waals surface area contributed by atoms with E-state index >= 15 is 0 Å². The van der Waals surface area contributed by atoms with Gasteiger partial charge in [0.05, 0.1) is 10.6 Å². The number of amides is 3. The summed E-state index contributed by atoms with van der Waals surface area (Å²) in [7, 11) is 1.56. The summed E-state index contributed by atoms with van der Waals surface area (Å²) in [4.78, 5) is 41.9.